The summed E-state index contributed by atoms with van der Waals surface area (Å²) in [4.78, 5) is 20.0. The van der Waals surface area contributed by atoms with Gasteiger partial charge in [-0.25, -0.2) is 0 Å². The molecular formula is C8H14N6O. The lowest BCUT2D eigenvalue weighted by atomic mass is 10.2. The minimum Gasteiger partial charge on any atom is -0.369 e. The van der Waals surface area contributed by atoms with Crippen LogP contribution in [0.1, 0.15) is 0 Å². The molecule has 0 amide bonds. The van der Waals surface area contributed by atoms with E-state index in [0.717, 1.165) is 0 Å². The summed E-state index contributed by atoms with van der Waals surface area (Å²) in [6.07, 6.45) is 0. The average Bonchev–Trinajstić information content (AvgIpc) is 2.17. The van der Waals surface area contributed by atoms with Gasteiger partial charge in [-0.05, 0) is 0 Å². The van der Waals surface area contributed by atoms with E-state index >= 15 is 0 Å². The molecule has 82 valence electrons. The SMILES string of the molecule is CN1c2c(nc(N)[nH]c2=O)NCC1CN. The number of nitrogens with two attached hydrogens (primary N) is 2. The molecule has 0 aliphatic carbocycles. The molecule has 6 N–H and O–H groups in total. The van der Waals surface area contributed by atoms with E-state index in [4.69, 9.17) is 11.5 Å². The van der Waals surface area contributed by atoms with Gasteiger partial charge >= 0.3 is 0 Å². The van der Waals surface area contributed by atoms with Gasteiger partial charge in [0.15, 0.2) is 5.82 Å². The van der Waals surface area contributed by atoms with Crippen molar-refractivity contribution < 1.29 is 0 Å². The number of H-pyrrole nitrogens is 1. The van der Waals surface area contributed by atoms with Crippen LogP contribution in [0.15, 0.2) is 4.79 Å². The number of likely N-dealkylation sites (N-methyl/N-ethyl adjacent to an activating group) is 1. The van der Waals surface area contributed by atoms with Crippen molar-refractivity contribution in [2.45, 2.75) is 6.04 Å². The number of nitrogens with zero attached hydrogens (tertiary/aromatic N) is 2. The highest BCUT2D eigenvalue weighted by Crippen LogP contribution is 2.23. The van der Waals surface area contributed by atoms with Crippen molar-refractivity contribution in [2.24, 2.45) is 5.73 Å². The molecule has 15 heavy (non-hydrogen) atoms. The quantitative estimate of drug-likeness (QED) is 0.450. The normalized spacial score (nSPS) is 19.6. The molecule has 7 heteroatoms. The van der Waals surface area contributed by atoms with Gasteiger partial charge in [0.2, 0.25) is 5.95 Å². The second kappa shape index (κ2) is 3.43. The Kier molecular flexibility index (Phi) is 2.24. The van der Waals surface area contributed by atoms with Crippen LogP contribution in [0.5, 0.6) is 0 Å². The summed E-state index contributed by atoms with van der Waals surface area (Å²) in [7, 11) is 1.82. The molecule has 2 rings (SSSR count). The Hall–Kier alpha value is -1.76. The van der Waals surface area contributed by atoms with Gasteiger partial charge < -0.3 is 21.7 Å². The standard InChI is InChI=1S/C8H14N6O/c1-14-4(2-9)3-11-6-5(14)7(15)13-8(10)12-6/h4H,2-3,9H2,1H3,(H4,10,11,12,13,15). The van der Waals surface area contributed by atoms with Crippen LogP contribution in [0, 0.1) is 0 Å². The van der Waals surface area contributed by atoms with Crippen molar-refractivity contribution in [1.82, 2.24) is 9.97 Å². The smallest absolute Gasteiger partial charge is 0.278 e. The Labute approximate surface area is 86.5 Å². The molecule has 1 aromatic rings. The Balaban J connectivity index is 2.52. The third-order valence-corrected chi connectivity index (χ3v) is 2.59. The minimum atomic E-state index is -0.245. The van der Waals surface area contributed by atoms with E-state index in [1.807, 2.05) is 11.9 Å². The van der Waals surface area contributed by atoms with Gasteiger partial charge in [-0.1, -0.05) is 0 Å². The minimum absolute atomic E-state index is 0.101. The van der Waals surface area contributed by atoms with Gasteiger partial charge in [-0.15, -0.1) is 0 Å². The number of nitrogens with one attached hydrogen (secondary N) is 2. The molecule has 0 saturated carbocycles. The van der Waals surface area contributed by atoms with Crippen molar-refractivity contribution >= 4 is 17.5 Å². The topological polar surface area (TPSA) is 113 Å². The number of hydrogen-bond acceptors (Lipinski definition) is 6. The highest BCUT2D eigenvalue weighted by Gasteiger charge is 2.25. The van der Waals surface area contributed by atoms with Gasteiger partial charge in [0.05, 0.1) is 6.04 Å². The van der Waals surface area contributed by atoms with Gasteiger partial charge in [0.1, 0.15) is 5.69 Å². The fourth-order valence-corrected chi connectivity index (χ4v) is 1.71. The first-order valence-corrected chi connectivity index (χ1v) is 4.70. The van der Waals surface area contributed by atoms with Gasteiger partial charge in [-0.2, -0.15) is 4.98 Å². The van der Waals surface area contributed by atoms with Crippen LogP contribution in [0.3, 0.4) is 0 Å². The molecule has 2 heterocycles. The van der Waals surface area contributed by atoms with Crippen molar-refractivity contribution in [3.05, 3.63) is 10.4 Å². The lowest BCUT2D eigenvalue weighted by Crippen LogP contribution is -2.48. The van der Waals surface area contributed by atoms with Crippen LogP contribution in [0.2, 0.25) is 0 Å². The summed E-state index contributed by atoms with van der Waals surface area (Å²) in [6.45, 7) is 1.14. The summed E-state index contributed by atoms with van der Waals surface area (Å²) >= 11 is 0. The first kappa shape index (κ1) is 9.78. The van der Waals surface area contributed by atoms with Crippen molar-refractivity contribution in [1.29, 1.82) is 0 Å². The fraction of sp³-hybridized carbons (Fsp3) is 0.500. The largest absolute Gasteiger partial charge is 0.369 e. The van der Waals surface area contributed by atoms with E-state index in [1.165, 1.54) is 0 Å². The molecule has 0 saturated heterocycles. The lowest BCUT2D eigenvalue weighted by molar-refractivity contribution is 0.643. The van der Waals surface area contributed by atoms with Crippen LogP contribution < -0.4 is 27.2 Å². The molecule has 7 nitrogen and oxygen atoms in total. The third-order valence-electron chi connectivity index (χ3n) is 2.59. The van der Waals surface area contributed by atoms with Crippen molar-refractivity contribution in [3.63, 3.8) is 0 Å². The summed E-state index contributed by atoms with van der Waals surface area (Å²) in [5.74, 6) is 0.634. The number of aromatic amines is 1. The maximum Gasteiger partial charge on any atom is 0.278 e. The number of fused-ring (bicyclic) bond motifs is 1. The number of hydrogen-bond donors (Lipinski definition) is 4. The molecule has 0 bridgehead atoms. The predicted molar refractivity (Wildman–Crippen MR) is 59.0 cm³/mol. The van der Waals surface area contributed by atoms with E-state index in [0.29, 0.717) is 24.6 Å². The highest BCUT2D eigenvalue weighted by molar-refractivity contribution is 5.68. The molecule has 1 aromatic heterocycles. The van der Waals surface area contributed by atoms with Crippen LogP contribution in [-0.4, -0.2) is 36.1 Å². The van der Waals surface area contributed by atoms with Crippen LogP contribution in [0.25, 0.3) is 0 Å². The van der Waals surface area contributed by atoms with Crippen LogP contribution in [-0.2, 0) is 0 Å². The maximum absolute atomic E-state index is 11.7. The van der Waals surface area contributed by atoms with E-state index in [1.54, 1.807) is 0 Å². The van der Waals surface area contributed by atoms with Gasteiger partial charge in [0, 0.05) is 20.1 Å². The third kappa shape index (κ3) is 1.50. The average molecular weight is 210 g/mol. The maximum atomic E-state index is 11.7. The second-order valence-corrected chi connectivity index (χ2v) is 3.53. The highest BCUT2D eigenvalue weighted by atomic mass is 16.1. The van der Waals surface area contributed by atoms with E-state index in [2.05, 4.69) is 15.3 Å². The number of rotatable bonds is 1. The second-order valence-electron chi connectivity index (χ2n) is 3.53. The number of nitrogen functional groups attached to an aromatic ring is 1. The fourth-order valence-electron chi connectivity index (χ4n) is 1.71. The zero-order valence-electron chi connectivity index (χ0n) is 8.45. The Morgan fingerprint density at radius 2 is 2.40 bits per heavy atom. The molecule has 1 atom stereocenters. The van der Waals surface area contributed by atoms with E-state index < -0.39 is 0 Å². The number of aromatic nitrogens is 2. The first-order chi connectivity index (χ1) is 7.13. The number of anilines is 3. The zero-order valence-corrected chi connectivity index (χ0v) is 8.45. The zero-order chi connectivity index (χ0) is 11.0. The Bertz CT molecular complexity index is 428. The van der Waals surface area contributed by atoms with Gasteiger partial charge in [-0.3, -0.25) is 9.78 Å². The molecule has 0 radical (unpaired) electrons. The summed E-state index contributed by atoms with van der Waals surface area (Å²) in [5.41, 5.74) is 11.3. The van der Waals surface area contributed by atoms with Crippen LogP contribution in [0.4, 0.5) is 17.5 Å². The molecule has 1 aliphatic heterocycles. The summed E-state index contributed by atoms with van der Waals surface area (Å²) in [6, 6.07) is 0.101. The van der Waals surface area contributed by atoms with Crippen molar-refractivity contribution in [3.8, 4) is 0 Å². The Morgan fingerprint density at radius 3 is 3.07 bits per heavy atom. The van der Waals surface area contributed by atoms with Crippen LogP contribution >= 0.6 is 0 Å². The van der Waals surface area contributed by atoms with E-state index in [-0.39, 0.29) is 17.5 Å². The first-order valence-electron chi connectivity index (χ1n) is 4.70. The molecular weight excluding hydrogens is 196 g/mol. The van der Waals surface area contributed by atoms with E-state index in [9.17, 15) is 4.79 Å². The lowest BCUT2D eigenvalue weighted by Gasteiger charge is -2.34. The summed E-state index contributed by atoms with van der Waals surface area (Å²) < 4.78 is 0. The summed E-state index contributed by atoms with van der Waals surface area (Å²) in [5, 5.41) is 3.04. The molecule has 0 fully saturated rings. The molecule has 1 aliphatic rings. The Morgan fingerprint density at radius 1 is 1.67 bits per heavy atom. The molecule has 0 spiro atoms. The van der Waals surface area contributed by atoms with Crippen molar-refractivity contribution in [2.75, 3.05) is 36.1 Å². The van der Waals surface area contributed by atoms with Gasteiger partial charge in [0.25, 0.3) is 5.56 Å². The monoisotopic (exact) mass is 210 g/mol. The molecule has 0 aromatic carbocycles. The predicted octanol–water partition coefficient (Wildman–Crippen LogP) is -1.46. The molecule has 1 unspecified atom stereocenters.